The predicted octanol–water partition coefficient (Wildman–Crippen LogP) is 1.87. The summed E-state index contributed by atoms with van der Waals surface area (Å²) in [6.45, 7) is 6.69. The summed E-state index contributed by atoms with van der Waals surface area (Å²) in [5.74, 6) is 0.941. The molecule has 0 spiro atoms. The molecule has 0 bridgehead atoms. The molecule has 1 unspecified atom stereocenters. The molecule has 1 aromatic rings. The number of amides is 1. The number of hydrogen-bond donors (Lipinski definition) is 3. The highest BCUT2D eigenvalue weighted by atomic mass is 16.6. The minimum Gasteiger partial charge on any atom is -0.493 e. The second-order valence-electron chi connectivity index (χ2n) is 7.43. The fourth-order valence-electron chi connectivity index (χ4n) is 3.20. The second kappa shape index (κ2) is 6.61. The number of alkyl carbamates (subject to hydrolysis) is 1. The topological polar surface area (TPSA) is 79.8 Å². The summed E-state index contributed by atoms with van der Waals surface area (Å²) in [4.78, 5) is 12.0. The fourth-order valence-corrected chi connectivity index (χ4v) is 3.20. The lowest BCUT2D eigenvalue weighted by atomic mass is 9.95. The van der Waals surface area contributed by atoms with E-state index in [1.165, 1.54) is 5.56 Å². The molecule has 2 aliphatic rings. The molecule has 6 nitrogen and oxygen atoms in total. The Hall–Kier alpha value is -1.79. The molecule has 3 rings (SSSR count). The number of fused-ring (bicyclic) bond motifs is 3. The van der Waals surface area contributed by atoms with Gasteiger partial charge in [0.15, 0.2) is 0 Å². The van der Waals surface area contributed by atoms with Crippen LogP contribution in [0.15, 0.2) is 12.1 Å². The Labute approximate surface area is 142 Å². The molecule has 2 heterocycles. The van der Waals surface area contributed by atoms with Crippen LogP contribution in [0.4, 0.5) is 4.79 Å². The number of ether oxygens (including phenoxy) is 2. The second-order valence-corrected chi connectivity index (χ2v) is 7.43. The number of aliphatic hydroxyl groups is 1. The van der Waals surface area contributed by atoms with E-state index in [0.29, 0.717) is 13.0 Å². The first-order valence-electron chi connectivity index (χ1n) is 8.51. The first-order valence-corrected chi connectivity index (χ1v) is 8.51. The van der Waals surface area contributed by atoms with Crippen LogP contribution in [0.25, 0.3) is 0 Å². The third kappa shape index (κ3) is 3.82. The van der Waals surface area contributed by atoms with Gasteiger partial charge in [-0.1, -0.05) is 12.1 Å². The highest BCUT2D eigenvalue weighted by molar-refractivity contribution is 5.68. The molecule has 0 fully saturated rings. The van der Waals surface area contributed by atoms with Gasteiger partial charge in [-0.05, 0) is 51.2 Å². The van der Waals surface area contributed by atoms with Crippen molar-refractivity contribution in [2.75, 3.05) is 6.61 Å². The molecule has 2 atom stereocenters. The highest BCUT2D eigenvalue weighted by Crippen LogP contribution is 2.33. The quantitative estimate of drug-likeness (QED) is 0.731. The Bertz CT molecular complexity index is 624. The first-order chi connectivity index (χ1) is 11.3. The Morgan fingerprint density at radius 3 is 2.88 bits per heavy atom. The molecule has 3 N–H and O–H groups in total. The Morgan fingerprint density at radius 2 is 2.12 bits per heavy atom. The van der Waals surface area contributed by atoms with Crippen LogP contribution in [0.2, 0.25) is 0 Å². The van der Waals surface area contributed by atoms with E-state index in [0.717, 1.165) is 36.3 Å². The van der Waals surface area contributed by atoms with Gasteiger partial charge in [0.1, 0.15) is 17.6 Å². The zero-order valence-corrected chi connectivity index (χ0v) is 14.5. The van der Waals surface area contributed by atoms with Crippen molar-refractivity contribution < 1.29 is 19.4 Å². The van der Waals surface area contributed by atoms with Crippen molar-refractivity contribution in [3.63, 3.8) is 0 Å². The van der Waals surface area contributed by atoms with E-state index in [1.807, 2.05) is 20.8 Å². The monoisotopic (exact) mass is 334 g/mol. The molecule has 132 valence electrons. The van der Waals surface area contributed by atoms with Gasteiger partial charge in [-0.25, -0.2) is 4.79 Å². The number of benzene rings is 1. The van der Waals surface area contributed by atoms with E-state index in [2.05, 4.69) is 22.8 Å². The Morgan fingerprint density at radius 1 is 1.38 bits per heavy atom. The highest BCUT2D eigenvalue weighted by Gasteiger charge is 2.30. The predicted molar refractivity (Wildman–Crippen MR) is 90.0 cm³/mol. The number of nitrogens with one attached hydrogen (secondary N) is 2. The normalized spacial score (nSPS) is 23.3. The van der Waals surface area contributed by atoms with E-state index in [-0.39, 0.29) is 0 Å². The SMILES string of the molecule is CC(C)(C)OC(=O)N[C@H]1Cc2ccc3c(c2CNC1O)OCCC3. The molecule has 2 aliphatic heterocycles. The van der Waals surface area contributed by atoms with Gasteiger partial charge in [0.05, 0.1) is 12.6 Å². The smallest absolute Gasteiger partial charge is 0.408 e. The largest absolute Gasteiger partial charge is 0.493 e. The third-order valence-electron chi connectivity index (χ3n) is 4.29. The van der Waals surface area contributed by atoms with Crippen LogP contribution in [0.5, 0.6) is 5.75 Å². The summed E-state index contributed by atoms with van der Waals surface area (Å²) in [6.07, 6.45) is 1.21. The lowest BCUT2D eigenvalue weighted by molar-refractivity contribution is 0.0383. The zero-order valence-electron chi connectivity index (χ0n) is 14.5. The molecule has 0 aromatic heterocycles. The van der Waals surface area contributed by atoms with Gasteiger partial charge in [0.2, 0.25) is 0 Å². The summed E-state index contributed by atoms with van der Waals surface area (Å²) in [7, 11) is 0. The van der Waals surface area contributed by atoms with Crippen LogP contribution in [-0.4, -0.2) is 35.7 Å². The van der Waals surface area contributed by atoms with Crippen LogP contribution in [0.3, 0.4) is 0 Å². The van der Waals surface area contributed by atoms with E-state index >= 15 is 0 Å². The molecule has 1 amide bonds. The molecule has 24 heavy (non-hydrogen) atoms. The van der Waals surface area contributed by atoms with Gasteiger partial charge < -0.3 is 19.9 Å². The van der Waals surface area contributed by atoms with Crippen LogP contribution in [0, 0.1) is 0 Å². The van der Waals surface area contributed by atoms with Gasteiger partial charge in [-0.15, -0.1) is 0 Å². The summed E-state index contributed by atoms with van der Waals surface area (Å²) in [6, 6.07) is 3.71. The van der Waals surface area contributed by atoms with Crippen molar-refractivity contribution in [1.29, 1.82) is 0 Å². The van der Waals surface area contributed by atoms with Gasteiger partial charge >= 0.3 is 6.09 Å². The number of aryl methyl sites for hydroxylation is 1. The van der Waals surface area contributed by atoms with Crippen LogP contribution >= 0.6 is 0 Å². The molecule has 6 heteroatoms. The lowest BCUT2D eigenvalue weighted by Gasteiger charge is -2.25. The van der Waals surface area contributed by atoms with Crippen LogP contribution < -0.4 is 15.4 Å². The minimum atomic E-state index is -0.843. The number of carbonyl (C=O) groups excluding carboxylic acids is 1. The van der Waals surface area contributed by atoms with Crippen LogP contribution in [-0.2, 0) is 24.1 Å². The van der Waals surface area contributed by atoms with Crippen LogP contribution in [0.1, 0.15) is 43.9 Å². The number of rotatable bonds is 1. The van der Waals surface area contributed by atoms with Gasteiger partial charge in [0.25, 0.3) is 0 Å². The summed E-state index contributed by atoms with van der Waals surface area (Å²) >= 11 is 0. The number of aliphatic hydroxyl groups excluding tert-OH is 1. The molecule has 1 aromatic carbocycles. The first kappa shape index (κ1) is 17.0. The Kier molecular flexibility index (Phi) is 4.69. The molecule has 0 saturated heterocycles. The molecular formula is C18H26N2O4. The van der Waals surface area contributed by atoms with Gasteiger partial charge in [-0.3, -0.25) is 5.32 Å². The standard InChI is InChI=1S/C18H26N2O4/c1-18(2,3)24-17(22)20-14-9-12-7-6-11-5-4-8-23-15(11)13(12)10-19-16(14)21/h6-7,14,16,19,21H,4-5,8-10H2,1-3H3,(H,20,22)/t14-,16?/m0/s1. The van der Waals surface area contributed by atoms with Crippen molar-refractivity contribution in [3.05, 3.63) is 28.8 Å². The van der Waals surface area contributed by atoms with Gasteiger partial charge in [0, 0.05) is 12.1 Å². The third-order valence-corrected chi connectivity index (χ3v) is 4.29. The maximum absolute atomic E-state index is 12.0. The fraction of sp³-hybridized carbons (Fsp3) is 0.611. The lowest BCUT2D eigenvalue weighted by Crippen LogP contribution is -2.50. The number of hydrogen-bond acceptors (Lipinski definition) is 5. The average molecular weight is 334 g/mol. The molecule has 0 radical (unpaired) electrons. The van der Waals surface area contributed by atoms with Crippen molar-refractivity contribution in [2.45, 2.75) is 64.4 Å². The van der Waals surface area contributed by atoms with E-state index in [4.69, 9.17) is 9.47 Å². The summed E-state index contributed by atoms with van der Waals surface area (Å²) in [5, 5.41) is 16.2. The molecular weight excluding hydrogens is 308 g/mol. The number of carbonyl (C=O) groups is 1. The molecule has 0 saturated carbocycles. The molecule has 0 aliphatic carbocycles. The summed E-state index contributed by atoms with van der Waals surface area (Å²) in [5.41, 5.74) is 2.81. The van der Waals surface area contributed by atoms with Crippen molar-refractivity contribution in [3.8, 4) is 5.75 Å². The van der Waals surface area contributed by atoms with Crippen molar-refractivity contribution in [1.82, 2.24) is 10.6 Å². The Balaban J connectivity index is 1.78. The summed E-state index contributed by atoms with van der Waals surface area (Å²) < 4.78 is 11.2. The minimum absolute atomic E-state index is 0.456. The zero-order chi connectivity index (χ0) is 17.3. The van der Waals surface area contributed by atoms with Gasteiger partial charge in [-0.2, -0.15) is 0 Å². The van der Waals surface area contributed by atoms with Crippen molar-refractivity contribution >= 4 is 6.09 Å². The maximum Gasteiger partial charge on any atom is 0.408 e. The van der Waals surface area contributed by atoms with E-state index in [1.54, 1.807) is 0 Å². The van der Waals surface area contributed by atoms with E-state index in [9.17, 15) is 9.90 Å². The van der Waals surface area contributed by atoms with E-state index < -0.39 is 24.0 Å². The average Bonchev–Trinajstić information content (AvgIpc) is 2.65. The van der Waals surface area contributed by atoms with Crippen molar-refractivity contribution in [2.24, 2.45) is 0 Å². The maximum atomic E-state index is 12.0.